The van der Waals surface area contributed by atoms with E-state index in [1.54, 1.807) is 5.30 Å². The molecule has 2 aliphatic rings. The summed E-state index contributed by atoms with van der Waals surface area (Å²) in [5.74, 6) is 0. The van der Waals surface area contributed by atoms with Crippen molar-refractivity contribution in [3.8, 4) is 11.3 Å². The molecule has 2 fully saturated rings. The van der Waals surface area contributed by atoms with Crippen LogP contribution in [0.4, 0.5) is 0 Å². The third kappa shape index (κ3) is 4.00. The standard InChI is InChI=1S/C29H38NP/c1-21-18-19-22(2)29-26(21)20-27(30(29)3)25-16-10-11-17-28(25)31(23-12-6-4-7-13-23)24-14-8-5-9-15-24/h10-11,16-20,23-24H,4-9,12-15H2,1-3H3. The van der Waals surface area contributed by atoms with Crippen LogP contribution in [0.1, 0.15) is 75.3 Å². The lowest BCUT2D eigenvalue weighted by Crippen LogP contribution is -2.27. The Morgan fingerprint density at radius 3 is 1.94 bits per heavy atom. The van der Waals surface area contributed by atoms with E-state index in [1.165, 1.54) is 97.5 Å². The van der Waals surface area contributed by atoms with Gasteiger partial charge in [-0.1, -0.05) is 82.8 Å². The second-order valence-corrected chi connectivity index (χ2v) is 12.8. The maximum Gasteiger partial charge on any atom is 0.0515 e. The van der Waals surface area contributed by atoms with Gasteiger partial charge in [-0.3, -0.25) is 0 Å². The van der Waals surface area contributed by atoms with Crippen molar-refractivity contribution < 1.29 is 0 Å². The lowest BCUT2D eigenvalue weighted by molar-refractivity contribution is 0.487. The summed E-state index contributed by atoms with van der Waals surface area (Å²) >= 11 is 0. The maximum atomic E-state index is 2.52. The van der Waals surface area contributed by atoms with Crippen molar-refractivity contribution in [2.45, 2.75) is 89.4 Å². The fourth-order valence-electron chi connectivity index (χ4n) is 6.38. The molecule has 2 saturated carbocycles. The van der Waals surface area contributed by atoms with Crippen molar-refractivity contribution in [2.24, 2.45) is 7.05 Å². The number of hydrogen-bond acceptors (Lipinski definition) is 0. The van der Waals surface area contributed by atoms with E-state index in [0.29, 0.717) is 0 Å². The molecule has 0 aliphatic heterocycles. The van der Waals surface area contributed by atoms with Crippen molar-refractivity contribution >= 4 is 24.1 Å². The first-order chi connectivity index (χ1) is 15.1. The van der Waals surface area contributed by atoms with E-state index in [-0.39, 0.29) is 7.92 Å². The Labute approximate surface area is 190 Å². The summed E-state index contributed by atoms with van der Waals surface area (Å²) < 4.78 is 2.48. The van der Waals surface area contributed by atoms with E-state index >= 15 is 0 Å². The molecule has 2 aliphatic carbocycles. The Bertz CT molecular complexity index is 1030. The summed E-state index contributed by atoms with van der Waals surface area (Å²) in [5, 5.41) is 3.13. The fraction of sp³-hybridized carbons (Fsp3) is 0.517. The molecule has 0 spiro atoms. The van der Waals surface area contributed by atoms with Gasteiger partial charge in [-0.2, -0.15) is 0 Å². The summed E-state index contributed by atoms with van der Waals surface area (Å²) in [7, 11) is 2.18. The highest BCUT2D eigenvalue weighted by atomic mass is 31.1. The van der Waals surface area contributed by atoms with Crippen molar-refractivity contribution in [1.29, 1.82) is 0 Å². The zero-order chi connectivity index (χ0) is 21.4. The molecule has 0 unspecified atom stereocenters. The molecule has 0 bridgehead atoms. The molecule has 1 nitrogen and oxygen atoms in total. The monoisotopic (exact) mass is 431 g/mol. The van der Waals surface area contributed by atoms with Crippen LogP contribution in [0.3, 0.4) is 0 Å². The molecule has 2 heteroatoms. The molecule has 0 N–H and O–H groups in total. The summed E-state index contributed by atoms with van der Waals surface area (Å²) in [6.45, 7) is 4.52. The van der Waals surface area contributed by atoms with Gasteiger partial charge in [0.25, 0.3) is 0 Å². The van der Waals surface area contributed by atoms with Gasteiger partial charge in [0.1, 0.15) is 0 Å². The van der Waals surface area contributed by atoms with Gasteiger partial charge < -0.3 is 4.57 Å². The van der Waals surface area contributed by atoms with Crippen LogP contribution in [0.25, 0.3) is 22.2 Å². The molecular weight excluding hydrogens is 393 g/mol. The van der Waals surface area contributed by atoms with Crippen LogP contribution in [0.15, 0.2) is 42.5 Å². The number of fused-ring (bicyclic) bond motifs is 1. The normalized spacial score (nSPS) is 18.8. The zero-order valence-corrected chi connectivity index (χ0v) is 20.6. The fourth-order valence-corrected chi connectivity index (χ4v) is 10.3. The first-order valence-corrected chi connectivity index (χ1v) is 14.1. The van der Waals surface area contributed by atoms with Gasteiger partial charge in [-0.15, -0.1) is 0 Å². The Hall–Kier alpha value is -1.59. The number of hydrogen-bond donors (Lipinski definition) is 0. The van der Waals surface area contributed by atoms with E-state index in [0.717, 1.165) is 11.3 Å². The van der Waals surface area contributed by atoms with E-state index in [4.69, 9.17) is 0 Å². The van der Waals surface area contributed by atoms with Gasteiger partial charge in [0.05, 0.1) is 5.52 Å². The molecule has 164 valence electrons. The second-order valence-electron chi connectivity index (χ2n) is 10.1. The van der Waals surface area contributed by atoms with E-state index in [9.17, 15) is 0 Å². The first-order valence-electron chi connectivity index (χ1n) is 12.6. The highest BCUT2D eigenvalue weighted by Crippen LogP contribution is 2.56. The average molecular weight is 432 g/mol. The van der Waals surface area contributed by atoms with Gasteiger partial charge >= 0.3 is 0 Å². The topological polar surface area (TPSA) is 4.93 Å². The number of aromatic nitrogens is 1. The maximum absolute atomic E-state index is 2.52. The summed E-state index contributed by atoms with van der Waals surface area (Å²) in [4.78, 5) is 0. The lowest BCUT2D eigenvalue weighted by atomic mass is 9.99. The SMILES string of the molecule is Cc1ccc(C)c2c1cc(-c1ccccc1P(C1CCCCC1)C1CCCCC1)n2C. The smallest absolute Gasteiger partial charge is 0.0515 e. The summed E-state index contributed by atoms with van der Waals surface area (Å²) in [6, 6.07) is 16.6. The van der Waals surface area contributed by atoms with Gasteiger partial charge in [-0.25, -0.2) is 0 Å². The van der Waals surface area contributed by atoms with Gasteiger partial charge in [0, 0.05) is 23.7 Å². The lowest BCUT2D eigenvalue weighted by Gasteiger charge is -2.39. The minimum absolute atomic E-state index is 0.107. The zero-order valence-electron chi connectivity index (χ0n) is 19.7. The van der Waals surface area contributed by atoms with Gasteiger partial charge in [0.2, 0.25) is 0 Å². The highest BCUT2D eigenvalue weighted by Gasteiger charge is 2.34. The van der Waals surface area contributed by atoms with E-state index < -0.39 is 0 Å². The summed E-state index contributed by atoms with van der Waals surface area (Å²) in [5.41, 5.74) is 8.99. The number of nitrogens with zero attached hydrogens (tertiary/aromatic N) is 1. The second kappa shape index (κ2) is 9.11. The molecule has 0 atom stereocenters. The van der Waals surface area contributed by atoms with E-state index in [1.807, 2.05) is 0 Å². The molecule has 0 saturated heterocycles. The quantitative estimate of drug-likeness (QED) is 0.367. The molecule has 31 heavy (non-hydrogen) atoms. The molecular formula is C29H38NP. The Balaban J connectivity index is 1.65. The van der Waals surface area contributed by atoms with Crippen LogP contribution < -0.4 is 5.30 Å². The van der Waals surface area contributed by atoms with E-state index in [2.05, 4.69) is 67.9 Å². The van der Waals surface area contributed by atoms with Crippen molar-refractivity contribution in [2.75, 3.05) is 0 Å². The minimum atomic E-state index is -0.107. The Kier molecular flexibility index (Phi) is 6.25. The van der Waals surface area contributed by atoms with Crippen molar-refractivity contribution in [3.05, 3.63) is 53.6 Å². The average Bonchev–Trinajstić information content (AvgIpc) is 3.17. The van der Waals surface area contributed by atoms with Crippen LogP contribution in [0.5, 0.6) is 0 Å². The molecule has 3 aromatic rings. The molecule has 5 rings (SSSR count). The Morgan fingerprint density at radius 1 is 0.742 bits per heavy atom. The molecule has 0 radical (unpaired) electrons. The number of rotatable bonds is 4. The molecule has 1 heterocycles. The first kappa shape index (κ1) is 21.3. The van der Waals surface area contributed by atoms with Crippen LogP contribution in [-0.4, -0.2) is 15.9 Å². The van der Waals surface area contributed by atoms with Crippen molar-refractivity contribution in [3.63, 3.8) is 0 Å². The number of aryl methyl sites for hydroxylation is 3. The molecule has 0 amide bonds. The van der Waals surface area contributed by atoms with Gasteiger partial charge in [0.15, 0.2) is 0 Å². The Morgan fingerprint density at radius 2 is 1.32 bits per heavy atom. The molecule has 1 aromatic heterocycles. The third-order valence-electron chi connectivity index (χ3n) is 8.01. The predicted octanol–water partition coefficient (Wildman–Crippen LogP) is 8.23. The molecule has 2 aromatic carbocycles. The predicted molar refractivity (Wildman–Crippen MR) is 138 cm³/mol. The van der Waals surface area contributed by atoms with Crippen LogP contribution in [0, 0.1) is 13.8 Å². The summed E-state index contributed by atoms with van der Waals surface area (Å²) in [6.07, 6.45) is 14.5. The number of benzene rings is 2. The van der Waals surface area contributed by atoms with Crippen LogP contribution >= 0.6 is 7.92 Å². The van der Waals surface area contributed by atoms with Gasteiger partial charge in [-0.05, 0) is 73.3 Å². The largest absolute Gasteiger partial charge is 0.343 e. The third-order valence-corrected chi connectivity index (χ3v) is 11.6. The highest BCUT2D eigenvalue weighted by molar-refractivity contribution is 7.67. The van der Waals surface area contributed by atoms with Crippen LogP contribution in [-0.2, 0) is 7.05 Å². The van der Waals surface area contributed by atoms with Crippen molar-refractivity contribution in [1.82, 2.24) is 4.57 Å². The van der Waals surface area contributed by atoms with Crippen LogP contribution in [0.2, 0.25) is 0 Å². The minimum Gasteiger partial charge on any atom is -0.343 e.